The summed E-state index contributed by atoms with van der Waals surface area (Å²) in [5.41, 5.74) is 5.33. The van der Waals surface area contributed by atoms with E-state index >= 15 is 0 Å². The van der Waals surface area contributed by atoms with Crippen LogP contribution in [-0.2, 0) is 18.9 Å². The Morgan fingerprint density at radius 1 is 0.950 bits per heavy atom. The summed E-state index contributed by atoms with van der Waals surface area (Å²) < 4.78 is 20.7. The molecule has 0 aliphatic rings. The van der Waals surface area contributed by atoms with E-state index in [0.29, 0.717) is 59.3 Å². The minimum absolute atomic E-state index is 0.384. The second kappa shape index (κ2) is 16.2. The molecule has 0 saturated heterocycles. The Balaban J connectivity index is 3.01. The van der Waals surface area contributed by atoms with Gasteiger partial charge in [-0.05, 0) is 26.3 Å². The summed E-state index contributed by atoms with van der Waals surface area (Å²) in [5.74, 6) is 0. The molecule has 0 saturated carbocycles. The van der Waals surface area contributed by atoms with E-state index < -0.39 is 0 Å². The normalized spacial score (nSPS) is 10.5. The Hall–Kier alpha value is -0.890. The van der Waals surface area contributed by atoms with E-state index in [1.807, 2.05) is 0 Å². The second-order valence-electron chi connectivity index (χ2n) is 3.98. The zero-order valence-electron chi connectivity index (χ0n) is 12.4. The van der Waals surface area contributed by atoms with E-state index in [-0.39, 0.29) is 6.09 Å². The molecule has 120 valence electrons. The molecule has 3 N–H and O–H groups in total. The van der Waals surface area contributed by atoms with E-state index in [1.165, 1.54) is 0 Å². The summed E-state index contributed by atoms with van der Waals surface area (Å²) in [4.78, 5) is 10.9. The first kappa shape index (κ1) is 19.1. The third kappa shape index (κ3) is 15.2. The highest BCUT2D eigenvalue weighted by Gasteiger charge is 1.98. The van der Waals surface area contributed by atoms with Gasteiger partial charge >= 0.3 is 6.09 Å². The SMILES string of the molecule is CCOC(=O)NCCCOCCOCCOCCCN. The van der Waals surface area contributed by atoms with Gasteiger partial charge in [0.25, 0.3) is 0 Å². The minimum atomic E-state index is -0.384. The van der Waals surface area contributed by atoms with Crippen LogP contribution in [0.1, 0.15) is 19.8 Å². The first-order valence-corrected chi connectivity index (χ1v) is 7.15. The zero-order valence-corrected chi connectivity index (χ0v) is 12.4. The van der Waals surface area contributed by atoms with Crippen LogP contribution in [0.25, 0.3) is 0 Å². The molecule has 0 aliphatic heterocycles. The zero-order chi connectivity index (χ0) is 14.9. The van der Waals surface area contributed by atoms with Crippen LogP contribution in [0.3, 0.4) is 0 Å². The van der Waals surface area contributed by atoms with Gasteiger partial charge in [0.15, 0.2) is 0 Å². The highest BCUT2D eigenvalue weighted by atomic mass is 16.5. The van der Waals surface area contributed by atoms with Crippen LogP contribution < -0.4 is 11.1 Å². The fraction of sp³-hybridized carbons (Fsp3) is 0.923. The minimum Gasteiger partial charge on any atom is -0.450 e. The summed E-state index contributed by atoms with van der Waals surface area (Å²) in [6, 6.07) is 0. The second-order valence-corrected chi connectivity index (χ2v) is 3.98. The standard InChI is InChI=1S/C13H28N2O5/c1-2-20-13(16)15-6-4-8-18-10-12-19-11-9-17-7-3-5-14/h2-12,14H2,1H3,(H,15,16). The van der Waals surface area contributed by atoms with Crippen molar-refractivity contribution in [2.75, 3.05) is 59.3 Å². The molecular formula is C13H28N2O5. The lowest BCUT2D eigenvalue weighted by molar-refractivity contribution is 0.0141. The molecule has 7 heteroatoms. The van der Waals surface area contributed by atoms with Crippen molar-refractivity contribution in [1.82, 2.24) is 5.32 Å². The first-order valence-electron chi connectivity index (χ1n) is 7.15. The van der Waals surface area contributed by atoms with Crippen LogP contribution in [0.4, 0.5) is 4.79 Å². The van der Waals surface area contributed by atoms with Gasteiger partial charge in [0.1, 0.15) is 0 Å². The Labute approximate surface area is 121 Å². The lowest BCUT2D eigenvalue weighted by Crippen LogP contribution is -2.26. The number of alkyl carbamates (subject to hydrolysis) is 1. The molecule has 0 aromatic carbocycles. The van der Waals surface area contributed by atoms with Gasteiger partial charge in [0.05, 0.1) is 33.0 Å². The van der Waals surface area contributed by atoms with E-state index in [0.717, 1.165) is 12.8 Å². The van der Waals surface area contributed by atoms with Crippen molar-refractivity contribution in [2.45, 2.75) is 19.8 Å². The molecule has 7 nitrogen and oxygen atoms in total. The van der Waals surface area contributed by atoms with Crippen molar-refractivity contribution in [1.29, 1.82) is 0 Å². The number of carbonyl (C=O) groups excluding carboxylic acids is 1. The predicted molar refractivity (Wildman–Crippen MR) is 75.8 cm³/mol. The molecule has 0 rings (SSSR count). The Kier molecular flexibility index (Phi) is 15.4. The molecule has 0 aliphatic carbocycles. The summed E-state index contributed by atoms with van der Waals surface area (Å²) in [5, 5.41) is 2.62. The smallest absolute Gasteiger partial charge is 0.407 e. The molecule has 0 unspecified atom stereocenters. The molecular weight excluding hydrogens is 264 g/mol. The summed E-state index contributed by atoms with van der Waals surface area (Å²) in [7, 11) is 0. The Morgan fingerprint density at radius 3 is 2.05 bits per heavy atom. The van der Waals surface area contributed by atoms with Gasteiger partial charge in [-0.25, -0.2) is 4.79 Å². The molecule has 20 heavy (non-hydrogen) atoms. The van der Waals surface area contributed by atoms with Crippen LogP contribution in [0.2, 0.25) is 0 Å². The molecule has 0 aromatic heterocycles. The Morgan fingerprint density at radius 2 is 1.50 bits per heavy atom. The van der Waals surface area contributed by atoms with Crippen molar-refractivity contribution in [3.8, 4) is 0 Å². The van der Waals surface area contributed by atoms with Crippen LogP contribution in [0.5, 0.6) is 0 Å². The summed E-state index contributed by atoms with van der Waals surface area (Å²) in [6.45, 7) is 6.87. The molecule has 0 atom stereocenters. The highest BCUT2D eigenvalue weighted by Crippen LogP contribution is 1.85. The number of nitrogens with two attached hydrogens (primary N) is 1. The number of hydrogen-bond acceptors (Lipinski definition) is 6. The molecule has 0 aromatic rings. The Bertz CT molecular complexity index is 217. The topological polar surface area (TPSA) is 92.0 Å². The molecule has 1 amide bonds. The third-order valence-electron chi connectivity index (χ3n) is 2.25. The van der Waals surface area contributed by atoms with Crippen molar-refractivity contribution in [3.05, 3.63) is 0 Å². The molecule has 0 heterocycles. The lowest BCUT2D eigenvalue weighted by Gasteiger charge is -2.07. The average Bonchev–Trinajstić information content (AvgIpc) is 2.44. The number of carbonyl (C=O) groups is 1. The summed E-state index contributed by atoms with van der Waals surface area (Å²) in [6.07, 6.45) is 1.25. The van der Waals surface area contributed by atoms with Gasteiger partial charge in [-0.3, -0.25) is 0 Å². The van der Waals surface area contributed by atoms with Crippen molar-refractivity contribution in [2.24, 2.45) is 5.73 Å². The maximum Gasteiger partial charge on any atom is 0.407 e. The largest absolute Gasteiger partial charge is 0.450 e. The van der Waals surface area contributed by atoms with Crippen LogP contribution >= 0.6 is 0 Å². The van der Waals surface area contributed by atoms with E-state index in [4.69, 9.17) is 24.7 Å². The van der Waals surface area contributed by atoms with Crippen molar-refractivity contribution >= 4 is 6.09 Å². The maximum absolute atomic E-state index is 10.9. The van der Waals surface area contributed by atoms with Gasteiger partial charge < -0.3 is 30.0 Å². The van der Waals surface area contributed by atoms with Crippen LogP contribution in [-0.4, -0.2) is 65.4 Å². The number of rotatable bonds is 14. The quantitative estimate of drug-likeness (QED) is 0.454. The van der Waals surface area contributed by atoms with Crippen LogP contribution in [0.15, 0.2) is 0 Å². The first-order chi connectivity index (χ1) is 9.81. The van der Waals surface area contributed by atoms with Gasteiger partial charge in [-0.2, -0.15) is 0 Å². The van der Waals surface area contributed by atoms with E-state index in [1.54, 1.807) is 6.92 Å². The lowest BCUT2D eigenvalue weighted by atomic mass is 10.4. The van der Waals surface area contributed by atoms with Crippen molar-refractivity contribution < 1.29 is 23.7 Å². The molecule has 0 spiro atoms. The average molecular weight is 292 g/mol. The molecule has 0 radical (unpaired) electrons. The number of ether oxygens (including phenoxy) is 4. The maximum atomic E-state index is 10.9. The number of amides is 1. The van der Waals surface area contributed by atoms with Crippen LogP contribution in [0, 0.1) is 0 Å². The van der Waals surface area contributed by atoms with Gasteiger partial charge in [-0.1, -0.05) is 0 Å². The molecule has 0 bridgehead atoms. The third-order valence-corrected chi connectivity index (χ3v) is 2.25. The number of hydrogen-bond donors (Lipinski definition) is 2. The highest BCUT2D eigenvalue weighted by molar-refractivity contribution is 5.66. The van der Waals surface area contributed by atoms with Crippen molar-refractivity contribution in [3.63, 3.8) is 0 Å². The summed E-state index contributed by atoms with van der Waals surface area (Å²) >= 11 is 0. The fourth-order valence-electron chi connectivity index (χ4n) is 1.27. The van der Waals surface area contributed by atoms with E-state index in [2.05, 4.69) is 5.32 Å². The number of nitrogens with one attached hydrogen (secondary N) is 1. The van der Waals surface area contributed by atoms with Gasteiger partial charge in [0.2, 0.25) is 0 Å². The monoisotopic (exact) mass is 292 g/mol. The van der Waals surface area contributed by atoms with Gasteiger partial charge in [0, 0.05) is 19.8 Å². The van der Waals surface area contributed by atoms with E-state index in [9.17, 15) is 4.79 Å². The van der Waals surface area contributed by atoms with Gasteiger partial charge in [-0.15, -0.1) is 0 Å². The molecule has 0 fully saturated rings. The predicted octanol–water partition coefficient (Wildman–Crippen LogP) is 0.521. The fourth-order valence-corrected chi connectivity index (χ4v) is 1.27.